The lowest BCUT2D eigenvalue weighted by atomic mass is 9.90. The molecule has 2 rings (SSSR count). The molecule has 0 atom stereocenters. The number of aromatic hydroxyl groups is 3. The van der Waals surface area contributed by atoms with Crippen molar-refractivity contribution in [2.24, 2.45) is 0 Å². The minimum absolute atomic E-state index is 0.0504. The predicted molar refractivity (Wildman–Crippen MR) is 126 cm³/mol. The van der Waals surface area contributed by atoms with Crippen LogP contribution in [0.2, 0.25) is 0 Å². The molecule has 2 aromatic carbocycles. The van der Waals surface area contributed by atoms with Gasteiger partial charge in [0.25, 0.3) is 0 Å². The molecule has 0 aliphatic heterocycles. The summed E-state index contributed by atoms with van der Waals surface area (Å²) < 4.78 is 10.5. The van der Waals surface area contributed by atoms with E-state index in [1.165, 1.54) is 12.1 Å². The number of benzene rings is 2. The number of carbonyl (C=O) groups is 4. The van der Waals surface area contributed by atoms with Gasteiger partial charge in [-0.05, 0) is 25.3 Å². The van der Waals surface area contributed by atoms with Gasteiger partial charge in [0.15, 0.2) is 23.1 Å². The summed E-state index contributed by atoms with van der Waals surface area (Å²) in [7, 11) is 0. The molecule has 0 amide bonds. The van der Waals surface area contributed by atoms with Crippen LogP contribution in [0.3, 0.4) is 0 Å². The molecule has 0 heterocycles. The second-order valence-corrected chi connectivity index (χ2v) is 7.93. The fourth-order valence-electron chi connectivity index (χ4n) is 3.46. The number of carbonyl (C=O) groups excluding carboxylic acids is 4. The number of hydrogen-bond donors (Lipinski definition) is 3. The molecule has 0 aliphatic rings. The molecular weight excluding hydrogens is 456 g/mol. The molecule has 0 aromatic heterocycles. The van der Waals surface area contributed by atoms with Crippen LogP contribution in [0, 0.1) is 0 Å². The Labute approximate surface area is 203 Å². The Morgan fingerprint density at radius 2 is 1.31 bits per heavy atom. The van der Waals surface area contributed by atoms with E-state index in [0.29, 0.717) is 19.3 Å². The van der Waals surface area contributed by atoms with Gasteiger partial charge >= 0.3 is 11.9 Å². The number of phenolic OH excluding ortho intramolecular Hbond substituents is 3. The largest absolute Gasteiger partial charge is 0.508 e. The van der Waals surface area contributed by atoms with E-state index in [9.17, 15) is 34.5 Å². The quantitative estimate of drug-likeness (QED) is 0.166. The number of esters is 2. The zero-order valence-corrected chi connectivity index (χ0v) is 20.1. The van der Waals surface area contributed by atoms with Crippen molar-refractivity contribution in [2.75, 3.05) is 0 Å². The molecule has 0 saturated carbocycles. The van der Waals surface area contributed by atoms with Crippen molar-refractivity contribution < 1.29 is 44.0 Å². The number of ether oxygens (including phenoxy) is 2. The molecule has 188 valence electrons. The first-order valence-electron chi connectivity index (χ1n) is 11.5. The third kappa shape index (κ3) is 6.38. The van der Waals surface area contributed by atoms with Gasteiger partial charge in [-0.1, -0.05) is 39.0 Å². The van der Waals surface area contributed by atoms with Crippen LogP contribution < -0.4 is 4.74 Å². The van der Waals surface area contributed by atoms with Crippen LogP contribution >= 0.6 is 0 Å². The van der Waals surface area contributed by atoms with Gasteiger partial charge in [0.2, 0.25) is 5.75 Å². The number of ketones is 2. The van der Waals surface area contributed by atoms with Crippen molar-refractivity contribution in [1.82, 2.24) is 0 Å². The van der Waals surface area contributed by atoms with Gasteiger partial charge in [-0.3, -0.25) is 14.4 Å². The summed E-state index contributed by atoms with van der Waals surface area (Å²) in [5.74, 6) is -6.12. The summed E-state index contributed by atoms with van der Waals surface area (Å²) >= 11 is 0. The predicted octanol–water partition coefficient (Wildman–Crippen LogP) is 4.83. The van der Waals surface area contributed by atoms with Crippen LogP contribution in [0.4, 0.5) is 0 Å². The molecule has 0 aliphatic carbocycles. The number of para-hydroxylation sites is 1. The Hall–Kier alpha value is -3.88. The van der Waals surface area contributed by atoms with E-state index in [0.717, 1.165) is 0 Å². The molecule has 0 saturated heterocycles. The Morgan fingerprint density at radius 3 is 1.89 bits per heavy atom. The molecule has 9 nitrogen and oxygen atoms in total. The monoisotopic (exact) mass is 486 g/mol. The third-order valence-corrected chi connectivity index (χ3v) is 5.14. The molecule has 0 unspecified atom stereocenters. The van der Waals surface area contributed by atoms with Crippen LogP contribution in [0.1, 0.15) is 95.9 Å². The van der Waals surface area contributed by atoms with Gasteiger partial charge in [0.05, 0.1) is 16.7 Å². The van der Waals surface area contributed by atoms with Gasteiger partial charge in [-0.2, -0.15) is 0 Å². The summed E-state index contributed by atoms with van der Waals surface area (Å²) in [6.45, 7) is 4.73. The standard InChI is InChI=1S/C26H30O9/c1-4-9-17(28)20-22(26(33)34-14-15-12-7-8-13-16(15)27)21(18(29)10-5-2)25(24(32)23(20)31)35-19(30)11-6-3/h7-8,12-13,27,31-32H,4-6,9-11,14H2,1-3H3. The lowest BCUT2D eigenvalue weighted by Gasteiger charge is -2.19. The summed E-state index contributed by atoms with van der Waals surface area (Å²) in [5, 5.41) is 31.3. The van der Waals surface area contributed by atoms with Crippen LogP contribution in [0.25, 0.3) is 0 Å². The van der Waals surface area contributed by atoms with E-state index in [1.54, 1.807) is 32.9 Å². The van der Waals surface area contributed by atoms with Crippen molar-refractivity contribution in [3.63, 3.8) is 0 Å². The maximum absolute atomic E-state index is 13.3. The van der Waals surface area contributed by atoms with Crippen LogP contribution in [0.15, 0.2) is 24.3 Å². The van der Waals surface area contributed by atoms with Gasteiger partial charge in [-0.25, -0.2) is 4.79 Å². The number of Topliss-reactive ketones (excluding diaryl/α,β-unsaturated/α-hetero) is 2. The highest BCUT2D eigenvalue weighted by Gasteiger charge is 2.36. The van der Waals surface area contributed by atoms with E-state index < -0.39 is 64.1 Å². The summed E-state index contributed by atoms with van der Waals surface area (Å²) in [5.41, 5.74) is -1.41. The van der Waals surface area contributed by atoms with Crippen molar-refractivity contribution >= 4 is 23.5 Å². The first kappa shape index (κ1) is 27.4. The molecule has 0 radical (unpaired) electrons. The minimum atomic E-state index is -1.16. The molecule has 0 fully saturated rings. The van der Waals surface area contributed by atoms with Crippen molar-refractivity contribution in [1.29, 1.82) is 0 Å². The maximum atomic E-state index is 13.3. The fourth-order valence-corrected chi connectivity index (χ4v) is 3.46. The highest BCUT2D eigenvalue weighted by atomic mass is 16.5. The first-order valence-corrected chi connectivity index (χ1v) is 11.5. The summed E-state index contributed by atoms with van der Waals surface area (Å²) in [4.78, 5) is 51.5. The third-order valence-electron chi connectivity index (χ3n) is 5.14. The van der Waals surface area contributed by atoms with Crippen LogP contribution in [0.5, 0.6) is 23.0 Å². The molecule has 35 heavy (non-hydrogen) atoms. The lowest BCUT2D eigenvalue weighted by Crippen LogP contribution is -2.20. The van der Waals surface area contributed by atoms with Gasteiger partial charge in [0.1, 0.15) is 12.4 Å². The SMILES string of the molecule is CCCC(=O)Oc1c(O)c(O)c(C(=O)CCC)c(C(=O)OCc2ccccc2O)c1C(=O)CCC. The average Bonchev–Trinajstić information content (AvgIpc) is 2.81. The number of phenols is 3. The maximum Gasteiger partial charge on any atom is 0.340 e. The topological polar surface area (TPSA) is 147 Å². The summed E-state index contributed by atoms with van der Waals surface area (Å²) in [6, 6.07) is 6.11. The van der Waals surface area contributed by atoms with E-state index >= 15 is 0 Å². The second kappa shape index (κ2) is 12.5. The molecular formula is C26H30O9. The Kier molecular flexibility index (Phi) is 9.81. The first-order chi connectivity index (χ1) is 16.7. The van der Waals surface area contributed by atoms with Crippen molar-refractivity contribution in [3.05, 3.63) is 46.5 Å². The zero-order valence-electron chi connectivity index (χ0n) is 20.1. The average molecular weight is 487 g/mol. The molecule has 3 N–H and O–H groups in total. The zero-order chi connectivity index (χ0) is 26.1. The summed E-state index contributed by atoms with van der Waals surface area (Å²) in [6.07, 6.45) is 0.884. The number of hydrogen-bond acceptors (Lipinski definition) is 9. The van der Waals surface area contributed by atoms with Gasteiger partial charge in [0, 0.05) is 24.8 Å². The number of rotatable bonds is 12. The van der Waals surface area contributed by atoms with Crippen molar-refractivity contribution in [3.8, 4) is 23.0 Å². The van der Waals surface area contributed by atoms with Crippen molar-refractivity contribution in [2.45, 2.75) is 65.9 Å². The molecule has 0 bridgehead atoms. The highest BCUT2D eigenvalue weighted by molar-refractivity contribution is 6.17. The fraction of sp³-hybridized carbons (Fsp3) is 0.385. The lowest BCUT2D eigenvalue weighted by molar-refractivity contribution is -0.134. The van der Waals surface area contributed by atoms with Crippen LogP contribution in [-0.4, -0.2) is 38.8 Å². The Morgan fingerprint density at radius 1 is 0.743 bits per heavy atom. The Balaban J connectivity index is 2.76. The molecule has 2 aromatic rings. The van der Waals surface area contributed by atoms with E-state index in [2.05, 4.69) is 0 Å². The molecule has 0 spiro atoms. The van der Waals surface area contributed by atoms with Gasteiger partial charge in [-0.15, -0.1) is 0 Å². The molecule has 9 heteroatoms. The second-order valence-electron chi connectivity index (χ2n) is 7.93. The van der Waals surface area contributed by atoms with E-state index in [-0.39, 0.29) is 30.6 Å². The minimum Gasteiger partial charge on any atom is -0.508 e. The normalized spacial score (nSPS) is 10.6. The smallest absolute Gasteiger partial charge is 0.340 e. The van der Waals surface area contributed by atoms with E-state index in [1.807, 2.05) is 0 Å². The van der Waals surface area contributed by atoms with E-state index in [4.69, 9.17) is 9.47 Å². The van der Waals surface area contributed by atoms with Crippen LogP contribution in [-0.2, 0) is 16.1 Å². The van der Waals surface area contributed by atoms with Gasteiger partial charge < -0.3 is 24.8 Å². The highest BCUT2D eigenvalue weighted by Crippen LogP contribution is 2.46. The Bertz CT molecular complexity index is 1120.